The zero-order valence-corrected chi connectivity index (χ0v) is 9.15. The van der Waals surface area contributed by atoms with Crippen LogP contribution in [0.5, 0.6) is 0 Å². The Kier molecular flexibility index (Phi) is 3.39. The number of amides is 1. The van der Waals surface area contributed by atoms with Gasteiger partial charge >= 0.3 is 0 Å². The van der Waals surface area contributed by atoms with Crippen LogP contribution < -0.4 is 5.32 Å². The molecule has 1 heterocycles. The highest BCUT2D eigenvalue weighted by Crippen LogP contribution is 2.18. The molecule has 6 heteroatoms. The molecular weight excluding hydrogens is 254 g/mol. The molecule has 1 amide bonds. The molecule has 1 N–H and O–H groups in total. The molecule has 13 heavy (non-hydrogen) atoms. The van der Waals surface area contributed by atoms with E-state index in [1.807, 2.05) is 6.07 Å². The lowest BCUT2D eigenvalue weighted by molar-refractivity contribution is 0.0951. The van der Waals surface area contributed by atoms with Gasteiger partial charge in [0.2, 0.25) is 0 Å². The van der Waals surface area contributed by atoms with Crippen LogP contribution in [0.3, 0.4) is 0 Å². The van der Waals surface area contributed by atoms with Gasteiger partial charge in [0, 0.05) is 0 Å². The van der Waals surface area contributed by atoms with E-state index in [0.717, 1.165) is 0 Å². The first kappa shape index (κ1) is 10.2. The Balaban J connectivity index is 2.71. The molecule has 1 rings (SSSR count). The standard InChI is InChI=1S/C7H6BrN3OS/c1-4(2-9)11-7(12)5-6(8)10-3-13-5/h3-4H,1H3,(H,11,12)/t4-/m0/s1. The lowest BCUT2D eigenvalue weighted by Crippen LogP contribution is -2.30. The predicted molar refractivity (Wildman–Crippen MR) is 52.4 cm³/mol. The average molecular weight is 260 g/mol. The van der Waals surface area contributed by atoms with E-state index >= 15 is 0 Å². The summed E-state index contributed by atoms with van der Waals surface area (Å²) in [5.74, 6) is -0.275. The topological polar surface area (TPSA) is 65.8 Å². The Labute approximate surface area is 87.7 Å². The van der Waals surface area contributed by atoms with Crippen molar-refractivity contribution in [2.24, 2.45) is 0 Å². The molecule has 0 aliphatic carbocycles. The van der Waals surface area contributed by atoms with Crippen molar-refractivity contribution < 1.29 is 4.79 Å². The summed E-state index contributed by atoms with van der Waals surface area (Å²) in [5.41, 5.74) is 1.57. The number of carbonyl (C=O) groups is 1. The maximum Gasteiger partial charge on any atom is 0.265 e. The SMILES string of the molecule is C[C@@H](C#N)NC(=O)c1scnc1Br. The van der Waals surface area contributed by atoms with E-state index < -0.39 is 6.04 Å². The maximum atomic E-state index is 11.4. The van der Waals surface area contributed by atoms with Crippen molar-refractivity contribution in [2.75, 3.05) is 0 Å². The van der Waals surface area contributed by atoms with Gasteiger partial charge in [0.15, 0.2) is 0 Å². The summed E-state index contributed by atoms with van der Waals surface area (Å²) < 4.78 is 0.514. The fraction of sp³-hybridized carbons (Fsp3) is 0.286. The zero-order valence-electron chi connectivity index (χ0n) is 6.74. The van der Waals surface area contributed by atoms with Gasteiger partial charge in [-0.25, -0.2) is 4.98 Å². The predicted octanol–water partition coefficient (Wildman–Crippen LogP) is 1.55. The second kappa shape index (κ2) is 4.35. The second-order valence-electron chi connectivity index (χ2n) is 2.30. The molecule has 1 aromatic rings. The molecule has 0 bridgehead atoms. The van der Waals surface area contributed by atoms with Crippen LogP contribution in [0, 0.1) is 11.3 Å². The number of nitrogens with zero attached hydrogens (tertiary/aromatic N) is 2. The lowest BCUT2D eigenvalue weighted by atomic mass is 10.3. The number of rotatable bonds is 2. The summed E-state index contributed by atoms with van der Waals surface area (Å²) in [6, 6.07) is 1.43. The highest BCUT2D eigenvalue weighted by molar-refractivity contribution is 9.10. The molecule has 0 unspecified atom stereocenters. The fourth-order valence-electron chi connectivity index (χ4n) is 0.674. The van der Waals surface area contributed by atoms with E-state index in [-0.39, 0.29) is 5.91 Å². The first-order chi connectivity index (χ1) is 6.15. The molecule has 0 saturated carbocycles. The second-order valence-corrected chi connectivity index (χ2v) is 3.90. The van der Waals surface area contributed by atoms with Gasteiger partial charge in [-0.05, 0) is 22.9 Å². The van der Waals surface area contributed by atoms with E-state index in [1.165, 1.54) is 11.3 Å². The summed E-state index contributed by atoms with van der Waals surface area (Å²) in [4.78, 5) is 15.7. The number of carbonyl (C=O) groups excluding carboxylic acids is 1. The van der Waals surface area contributed by atoms with Gasteiger partial charge in [0.1, 0.15) is 15.5 Å². The van der Waals surface area contributed by atoms with Crippen molar-refractivity contribution in [2.45, 2.75) is 13.0 Å². The van der Waals surface area contributed by atoms with Crippen molar-refractivity contribution in [3.05, 3.63) is 15.0 Å². The summed E-state index contributed by atoms with van der Waals surface area (Å²) >= 11 is 4.36. The molecule has 0 aliphatic rings. The summed E-state index contributed by atoms with van der Waals surface area (Å²) in [6.45, 7) is 1.62. The Bertz CT molecular complexity index is 357. The number of thiazole rings is 1. The maximum absolute atomic E-state index is 11.4. The lowest BCUT2D eigenvalue weighted by Gasteiger charge is -2.03. The minimum Gasteiger partial charge on any atom is -0.336 e. The van der Waals surface area contributed by atoms with Crippen LogP contribution >= 0.6 is 27.3 Å². The Morgan fingerprint density at radius 2 is 2.62 bits per heavy atom. The third kappa shape index (κ3) is 2.50. The first-order valence-corrected chi connectivity index (χ1v) is 5.12. The Morgan fingerprint density at radius 3 is 3.08 bits per heavy atom. The summed E-state index contributed by atoms with van der Waals surface area (Å²) in [5, 5.41) is 11.0. The highest BCUT2D eigenvalue weighted by Gasteiger charge is 2.14. The number of nitriles is 1. The number of aromatic nitrogens is 1. The van der Waals surface area contributed by atoms with Crippen molar-refractivity contribution in [1.29, 1.82) is 5.26 Å². The van der Waals surface area contributed by atoms with E-state index in [4.69, 9.17) is 5.26 Å². The largest absolute Gasteiger partial charge is 0.336 e. The summed E-state index contributed by atoms with van der Waals surface area (Å²) in [7, 11) is 0. The van der Waals surface area contributed by atoms with Gasteiger partial charge in [0.05, 0.1) is 11.6 Å². The first-order valence-electron chi connectivity index (χ1n) is 3.44. The van der Waals surface area contributed by atoms with Crippen LogP contribution in [0.1, 0.15) is 16.6 Å². The minimum atomic E-state index is -0.485. The number of hydrogen-bond acceptors (Lipinski definition) is 4. The molecule has 1 aromatic heterocycles. The smallest absolute Gasteiger partial charge is 0.265 e. The van der Waals surface area contributed by atoms with Crippen LogP contribution in [0.2, 0.25) is 0 Å². The van der Waals surface area contributed by atoms with Crippen LogP contribution in [-0.2, 0) is 0 Å². The average Bonchev–Trinajstić information content (AvgIpc) is 2.51. The molecule has 0 spiro atoms. The molecule has 0 radical (unpaired) electrons. The van der Waals surface area contributed by atoms with Crippen molar-refractivity contribution in [3.63, 3.8) is 0 Å². The van der Waals surface area contributed by atoms with E-state index in [2.05, 4.69) is 26.2 Å². The van der Waals surface area contributed by atoms with Gasteiger partial charge in [-0.3, -0.25) is 4.79 Å². The molecule has 0 fully saturated rings. The van der Waals surface area contributed by atoms with Crippen LogP contribution in [-0.4, -0.2) is 16.9 Å². The van der Waals surface area contributed by atoms with Gasteiger partial charge < -0.3 is 5.32 Å². The van der Waals surface area contributed by atoms with E-state index in [1.54, 1.807) is 12.4 Å². The van der Waals surface area contributed by atoms with Crippen LogP contribution in [0.25, 0.3) is 0 Å². The number of nitrogens with one attached hydrogen (secondary N) is 1. The minimum absolute atomic E-state index is 0.275. The molecule has 4 nitrogen and oxygen atoms in total. The molecule has 68 valence electrons. The number of halogens is 1. The molecule has 0 aliphatic heterocycles. The van der Waals surface area contributed by atoms with E-state index in [0.29, 0.717) is 9.48 Å². The van der Waals surface area contributed by atoms with E-state index in [9.17, 15) is 4.79 Å². The molecule has 0 aromatic carbocycles. The Hall–Kier alpha value is -0.930. The zero-order chi connectivity index (χ0) is 9.84. The van der Waals surface area contributed by atoms with Crippen LogP contribution in [0.4, 0.5) is 0 Å². The summed E-state index contributed by atoms with van der Waals surface area (Å²) in [6.07, 6.45) is 0. The molecule has 0 saturated heterocycles. The quantitative estimate of drug-likeness (QED) is 0.877. The highest BCUT2D eigenvalue weighted by atomic mass is 79.9. The van der Waals surface area contributed by atoms with Crippen LogP contribution in [0.15, 0.2) is 10.1 Å². The van der Waals surface area contributed by atoms with Gasteiger partial charge in [-0.2, -0.15) is 5.26 Å². The normalized spacial score (nSPS) is 11.8. The van der Waals surface area contributed by atoms with Crippen molar-refractivity contribution in [1.82, 2.24) is 10.3 Å². The monoisotopic (exact) mass is 259 g/mol. The third-order valence-corrected chi connectivity index (χ3v) is 2.96. The fourth-order valence-corrected chi connectivity index (χ4v) is 1.95. The van der Waals surface area contributed by atoms with Gasteiger partial charge in [-0.15, -0.1) is 11.3 Å². The van der Waals surface area contributed by atoms with Crippen molar-refractivity contribution in [3.8, 4) is 6.07 Å². The third-order valence-electron chi connectivity index (χ3n) is 1.27. The molecule has 1 atom stereocenters. The molecular formula is C7H6BrN3OS. The van der Waals surface area contributed by atoms with Gasteiger partial charge in [-0.1, -0.05) is 0 Å². The van der Waals surface area contributed by atoms with Gasteiger partial charge in [0.25, 0.3) is 5.91 Å². The number of hydrogen-bond donors (Lipinski definition) is 1. The Morgan fingerprint density at radius 1 is 1.92 bits per heavy atom. The van der Waals surface area contributed by atoms with Crippen molar-refractivity contribution >= 4 is 33.2 Å².